The van der Waals surface area contributed by atoms with Crippen LogP contribution in [0.2, 0.25) is 0 Å². The summed E-state index contributed by atoms with van der Waals surface area (Å²) in [6.07, 6.45) is 7.67. The van der Waals surface area contributed by atoms with Crippen LogP contribution in [0.25, 0.3) is 0 Å². The van der Waals surface area contributed by atoms with Gasteiger partial charge in [0.15, 0.2) is 5.96 Å². The van der Waals surface area contributed by atoms with Gasteiger partial charge in [0, 0.05) is 18.8 Å². The SMILES string of the molecule is CCc1cccc(CC)c1NC(N)=NCCCN1C(=O)C2C3C=CC(C3)C2C1=O.I. The lowest BCUT2D eigenvalue weighted by atomic mass is 9.85. The molecule has 3 aliphatic rings. The Labute approximate surface area is 195 Å². The van der Waals surface area contributed by atoms with Crippen LogP contribution in [0.15, 0.2) is 35.3 Å². The van der Waals surface area contributed by atoms with Gasteiger partial charge in [-0.3, -0.25) is 19.5 Å². The fraction of sp³-hybridized carbons (Fsp3) is 0.522. The number of halogens is 1. The zero-order valence-electron chi connectivity index (χ0n) is 17.6. The number of carbonyl (C=O) groups is 2. The van der Waals surface area contributed by atoms with E-state index in [9.17, 15) is 9.59 Å². The number of imide groups is 1. The minimum absolute atomic E-state index is 0. The smallest absolute Gasteiger partial charge is 0.233 e. The van der Waals surface area contributed by atoms with E-state index in [-0.39, 0.29) is 59.5 Å². The zero-order valence-corrected chi connectivity index (χ0v) is 20.0. The summed E-state index contributed by atoms with van der Waals surface area (Å²) in [6.45, 7) is 5.14. The van der Waals surface area contributed by atoms with Gasteiger partial charge in [0.1, 0.15) is 0 Å². The van der Waals surface area contributed by atoms with Gasteiger partial charge in [-0.05, 0) is 48.6 Å². The molecule has 7 heteroatoms. The van der Waals surface area contributed by atoms with Crippen molar-refractivity contribution < 1.29 is 9.59 Å². The third kappa shape index (κ3) is 4.00. The van der Waals surface area contributed by atoms with Crippen molar-refractivity contribution in [2.24, 2.45) is 34.4 Å². The molecule has 1 aromatic carbocycles. The van der Waals surface area contributed by atoms with Crippen LogP contribution in [0.4, 0.5) is 5.69 Å². The van der Waals surface area contributed by atoms with Crippen molar-refractivity contribution in [2.75, 3.05) is 18.4 Å². The number of fused-ring (bicyclic) bond motifs is 5. The molecule has 4 unspecified atom stereocenters. The lowest BCUT2D eigenvalue weighted by molar-refractivity contribution is -0.140. The third-order valence-electron chi connectivity index (χ3n) is 6.64. The summed E-state index contributed by atoms with van der Waals surface area (Å²) >= 11 is 0. The second-order valence-corrected chi connectivity index (χ2v) is 8.23. The minimum Gasteiger partial charge on any atom is -0.370 e. The molecule has 0 spiro atoms. The highest BCUT2D eigenvalue weighted by atomic mass is 127. The Hall–Kier alpha value is -1.90. The first-order valence-electron chi connectivity index (χ1n) is 10.8. The van der Waals surface area contributed by atoms with Crippen molar-refractivity contribution in [3.63, 3.8) is 0 Å². The average Bonchev–Trinajstić information content (AvgIpc) is 3.40. The van der Waals surface area contributed by atoms with E-state index in [4.69, 9.17) is 5.73 Å². The molecule has 162 valence electrons. The highest BCUT2D eigenvalue weighted by molar-refractivity contribution is 14.0. The van der Waals surface area contributed by atoms with Crippen molar-refractivity contribution >= 4 is 47.4 Å². The number of allylic oxidation sites excluding steroid dienone is 2. The van der Waals surface area contributed by atoms with Gasteiger partial charge in [0.05, 0.1) is 11.8 Å². The highest BCUT2D eigenvalue weighted by Gasteiger charge is 2.58. The van der Waals surface area contributed by atoms with Crippen molar-refractivity contribution in [1.82, 2.24) is 4.90 Å². The Morgan fingerprint density at radius 1 is 1.10 bits per heavy atom. The van der Waals surface area contributed by atoms with Crippen LogP contribution in [-0.4, -0.2) is 35.8 Å². The predicted octanol–water partition coefficient (Wildman–Crippen LogP) is 3.35. The van der Waals surface area contributed by atoms with Gasteiger partial charge in [-0.25, -0.2) is 0 Å². The Morgan fingerprint density at radius 3 is 2.20 bits per heavy atom. The number of nitrogens with zero attached hydrogens (tertiary/aromatic N) is 2. The van der Waals surface area contributed by atoms with E-state index < -0.39 is 0 Å². The Balaban J connectivity index is 0.00000256. The summed E-state index contributed by atoms with van der Waals surface area (Å²) in [7, 11) is 0. The molecule has 1 aromatic rings. The molecule has 0 radical (unpaired) electrons. The molecule has 2 aliphatic carbocycles. The molecule has 1 saturated heterocycles. The van der Waals surface area contributed by atoms with E-state index in [1.54, 1.807) is 0 Å². The zero-order chi connectivity index (χ0) is 20.5. The summed E-state index contributed by atoms with van der Waals surface area (Å²) in [4.78, 5) is 31.3. The molecular weight excluding hydrogens is 491 g/mol. The molecular formula is C23H31IN4O2. The number of amides is 2. The molecule has 3 N–H and O–H groups in total. The second-order valence-electron chi connectivity index (χ2n) is 8.23. The number of nitrogens with two attached hydrogens (primary N) is 1. The number of rotatable bonds is 7. The molecule has 6 nitrogen and oxygen atoms in total. The number of benzene rings is 1. The first-order chi connectivity index (χ1) is 14.0. The van der Waals surface area contributed by atoms with E-state index in [2.05, 4.69) is 54.5 Å². The van der Waals surface area contributed by atoms with Gasteiger partial charge in [-0.2, -0.15) is 0 Å². The third-order valence-corrected chi connectivity index (χ3v) is 6.64. The molecule has 0 aromatic heterocycles. The predicted molar refractivity (Wildman–Crippen MR) is 130 cm³/mol. The topological polar surface area (TPSA) is 87.8 Å². The molecule has 4 rings (SSSR count). The lowest BCUT2D eigenvalue weighted by Crippen LogP contribution is -2.34. The van der Waals surface area contributed by atoms with Gasteiger partial charge < -0.3 is 11.1 Å². The molecule has 2 bridgehead atoms. The standard InChI is InChI=1S/C23H30N4O2.HI/c1-3-14-7-5-8-15(4-2)20(14)26-23(24)25-11-6-12-27-21(28)18-16-9-10-17(13-16)19(18)22(27)29;/h5,7-10,16-19H,3-4,6,11-13H2,1-2H3,(H3,24,25,26);1H. The fourth-order valence-corrected chi connectivity index (χ4v) is 5.18. The Morgan fingerprint density at radius 2 is 1.67 bits per heavy atom. The number of aryl methyl sites for hydroxylation is 2. The maximum atomic E-state index is 12.7. The molecule has 2 amide bonds. The Bertz CT molecular complexity index is 830. The van der Waals surface area contributed by atoms with Crippen molar-refractivity contribution in [1.29, 1.82) is 0 Å². The summed E-state index contributed by atoms with van der Waals surface area (Å²) in [5.74, 6) is 0.675. The van der Waals surface area contributed by atoms with Gasteiger partial charge in [0.25, 0.3) is 0 Å². The van der Waals surface area contributed by atoms with E-state index >= 15 is 0 Å². The number of carbonyl (C=O) groups excluding carboxylic acids is 2. The van der Waals surface area contributed by atoms with Crippen LogP contribution >= 0.6 is 24.0 Å². The van der Waals surface area contributed by atoms with Crippen LogP contribution < -0.4 is 11.1 Å². The van der Waals surface area contributed by atoms with E-state index in [1.165, 1.54) is 16.0 Å². The Kier molecular flexibility index (Phi) is 7.21. The molecule has 2 fully saturated rings. The summed E-state index contributed by atoms with van der Waals surface area (Å²) in [5, 5.41) is 3.25. The number of guanidine groups is 1. The molecule has 4 atom stereocenters. The monoisotopic (exact) mass is 522 g/mol. The molecule has 1 saturated carbocycles. The molecule has 1 aliphatic heterocycles. The number of para-hydroxylation sites is 1. The molecule has 1 heterocycles. The number of anilines is 1. The molecule has 30 heavy (non-hydrogen) atoms. The first kappa shape index (κ1) is 22.8. The van der Waals surface area contributed by atoms with E-state index in [0.29, 0.717) is 25.5 Å². The summed E-state index contributed by atoms with van der Waals surface area (Å²) in [5.41, 5.74) is 9.57. The number of hydrogen-bond donors (Lipinski definition) is 2. The second kappa shape index (κ2) is 9.49. The van der Waals surface area contributed by atoms with Gasteiger partial charge in [-0.15, -0.1) is 24.0 Å². The lowest BCUT2D eigenvalue weighted by Gasteiger charge is -2.17. The largest absolute Gasteiger partial charge is 0.370 e. The number of aliphatic imine (C=N–C) groups is 1. The number of likely N-dealkylation sites (tertiary alicyclic amines) is 1. The van der Waals surface area contributed by atoms with Crippen LogP contribution in [0, 0.1) is 23.7 Å². The average molecular weight is 522 g/mol. The van der Waals surface area contributed by atoms with Crippen molar-refractivity contribution in [2.45, 2.75) is 39.5 Å². The normalized spacial score (nSPS) is 26.9. The van der Waals surface area contributed by atoms with Crippen LogP contribution in [0.3, 0.4) is 0 Å². The van der Waals surface area contributed by atoms with E-state index in [0.717, 1.165) is 24.9 Å². The maximum absolute atomic E-state index is 12.7. The van der Waals surface area contributed by atoms with Crippen LogP contribution in [-0.2, 0) is 22.4 Å². The van der Waals surface area contributed by atoms with Crippen LogP contribution in [0.1, 0.15) is 37.8 Å². The summed E-state index contributed by atoms with van der Waals surface area (Å²) < 4.78 is 0. The first-order valence-corrected chi connectivity index (χ1v) is 10.8. The van der Waals surface area contributed by atoms with Gasteiger partial charge in [-0.1, -0.05) is 44.2 Å². The van der Waals surface area contributed by atoms with Gasteiger partial charge >= 0.3 is 0 Å². The van der Waals surface area contributed by atoms with Crippen molar-refractivity contribution in [3.05, 3.63) is 41.5 Å². The highest BCUT2D eigenvalue weighted by Crippen LogP contribution is 2.52. The fourth-order valence-electron chi connectivity index (χ4n) is 5.18. The maximum Gasteiger partial charge on any atom is 0.233 e. The quantitative estimate of drug-likeness (QED) is 0.144. The minimum atomic E-state index is -0.120. The van der Waals surface area contributed by atoms with Crippen LogP contribution in [0.5, 0.6) is 0 Å². The van der Waals surface area contributed by atoms with Gasteiger partial charge in [0.2, 0.25) is 11.8 Å². The number of nitrogens with one attached hydrogen (secondary N) is 1. The summed E-state index contributed by atoms with van der Waals surface area (Å²) in [6, 6.07) is 6.26. The van der Waals surface area contributed by atoms with E-state index in [1.807, 2.05) is 0 Å². The van der Waals surface area contributed by atoms with Crippen molar-refractivity contribution in [3.8, 4) is 0 Å². The number of hydrogen-bond acceptors (Lipinski definition) is 3.